The summed E-state index contributed by atoms with van der Waals surface area (Å²) in [7, 11) is 0. The Morgan fingerprint density at radius 3 is 2.42 bits per heavy atom. The van der Waals surface area contributed by atoms with Crippen LogP contribution in [0, 0.1) is 29.1 Å². The summed E-state index contributed by atoms with van der Waals surface area (Å²) >= 11 is 5.10. The molecule has 2 fully saturated rings. The first-order valence-corrected chi connectivity index (χ1v) is 12.6. The molecule has 5 rings (SSSR count). The van der Waals surface area contributed by atoms with E-state index in [4.69, 9.17) is 35.8 Å². The van der Waals surface area contributed by atoms with Crippen molar-refractivity contribution >= 4 is 35.5 Å². The standard InChI is InChI=1S/C18H15F5N5O6PS/c19-8-7(9(20)11(22)12(23)10(8)21)5-1-31-35(36,34-5)32-2-6-14(29)15(30)18(33-6)28-4-27-13-16(24)25-3-26-17(13)28/h3-6,14-15,18,29-30H,1-2H2,(H2,24,25,26)/t5?,6-,14-,15-,18-,35?/m1/s1. The highest BCUT2D eigenvalue weighted by Gasteiger charge is 2.47. The van der Waals surface area contributed by atoms with Crippen LogP contribution in [-0.2, 0) is 30.1 Å². The van der Waals surface area contributed by atoms with Crippen molar-refractivity contribution in [2.75, 3.05) is 18.9 Å². The molecule has 3 aromatic rings. The van der Waals surface area contributed by atoms with Crippen molar-refractivity contribution < 1.29 is 50.5 Å². The Morgan fingerprint density at radius 1 is 1.06 bits per heavy atom. The molecular weight excluding hydrogens is 540 g/mol. The highest BCUT2D eigenvalue weighted by molar-refractivity contribution is 8.07. The summed E-state index contributed by atoms with van der Waals surface area (Å²) < 4.78 is 91.5. The lowest BCUT2D eigenvalue weighted by atomic mass is 10.1. The monoisotopic (exact) mass is 555 g/mol. The van der Waals surface area contributed by atoms with Gasteiger partial charge in [-0.05, 0) is 11.8 Å². The number of halogens is 5. The minimum absolute atomic E-state index is 0.0865. The van der Waals surface area contributed by atoms with Crippen molar-refractivity contribution in [2.24, 2.45) is 0 Å². The van der Waals surface area contributed by atoms with E-state index in [0.29, 0.717) is 0 Å². The van der Waals surface area contributed by atoms with Gasteiger partial charge >= 0.3 is 6.72 Å². The third kappa shape index (κ3) is 4.05. The summed E-state index contributed by atoms with van der Waals surface area (Å²) in [6.45, 7) is -4.94. The molecule has 2 aromatic heterocycles. The number of aromatic nitrogens is 4. The molecule has 18 heteroatoms. The number of aliphatic hydroxyl groups is 2. The Kier molecular flexibility index (Phi) is 6.45. The second-order valence-electron chi connectivity index (χ2n) is 7.75. The van der Waals surface area contributed by atoms with Crippen molar-refractivity contribution in [1.29, 1.82) is 0 Å². The first-order valence-electron chi connectivity index (χ1n) is 10.1. The first-order chi connectivity index (χ1) is 17.0. The normalized spacial score (nSPS) is 30.5. The molecule has 36 heavy (non-hydrogen) atoms. The van der Waals surface area contributed by atoms with Gasteiger partial charge in [0.05, 0.1) is 25.1 Å². The highest BCUT2D eigenvalue weighted by atomic mass is 32.5. The summed E-state index contributed by atoms with van der Waals surface area (Å²) in [5.41, 5.74) is 4.96. The van der Waals surface area contributed by atoms with E-state index in [1.807, 2.05) is 0 Å². The van der Waals surface area contributed by atoms with Crippen molar-refractivity contribution in [1.82, 2.24) is 19.5 Å². The summed E-state index contributed by atoms with van der Waals surface area (Å²) in [5, 5.41) is 20.9. The SMILES string of the molecule is Nc1ncnc2c1ncn2[C@@H]1O[C@H](COP2(=S)OCC(c3c(F)c(F)c(F)c(F)c3F)O2)[C@@H](O)[C@H]1O. The summed E-state index contributed by atoms with van der Waals surface area (Å²) in [6.07, 6.45) is -4.62. The average molecular weight is 555 g/mol. The molecular formula is C18H15F5N5O6PS. The number of aliphatic hydroxyl groups excluding tert-OH is 2. The summed E-state index contributed by atoms with van der Waals surface area (Å²) in [5.74, 6) is -10.7. The van der Waals surface area contributed by atoms with Crippen LogP contribution in [0.15, 0.2) is 12.7 Å². The molecule has 0 spiro atoms. The van der Waals surface area contributed by atoms with E-state index in [9.17, 15) is 32.2 Å². The summed E-state index contributed by atoms with van der Waals surface area (Å²) in [6, 6.07) is 0. The maximum Gasteiger partial charge on any atom is 0.328 e. The molecule has 2 aliphatic rings. The van der Waals surface area contributed by atoms with Crippen molar-refractivity contribution in [3.8, 4) is 0 Å². The first kappa shape index (κ1) is 25.3. The number of nitrogens with zero attached hydrogens (tertiary/aromatic N) is 4. The number of ether oxygens (including phenoxy) is 1. The smallest absolute Gasteiger partial charge is 0.328 e. The number of hydrogen-bond acceptors (Lipinski definition) is 11. The zero-order chi connectivity index (χ0) is 25.9. The van der Waals surface area contributed by atoms with Gasteiger partial charge in [0.1, 0.15) is 36.3 Å². The van der Waals surface area contributed by atoms with Crippen molar-refractivity contribution in [2.45, 2.75) is 30.6 Å². The molecule has 11 nitrogen and oxygen atoms in total. The second-order valence-corrected chi connectivity index (χ2v) is 10.7. The minimum atomic E-state index is -3.77. The fourth-order valence-electron chi connectivity index (χ4n) is 3.80. The van der Waals surface area contributed by atoms with E-state index >= 15 is 0 Å². The molecule has 6 atom stereocenters. The van der Waals surface area contributed by atoms with Crippen LogP contribution in [0.3, 0.4) is 0 Å². The van der Waals surface area contributed by atoms with E-state index in [2.05, 4.69) is 15.0 Å². The molecule has 2 unspecified atom stereocenters. The molecule has 2 saturated heterocycles. The number of hydrogen-bond donors (Lipinski definition) is 3. The largest absolute Gasteiger partial charge is 0.387 e. The van der Waals surface area contributed by atoms with Gasteiger partial charge in [-0.3, -0.25) is 9.09 Å². The molecule has 2 aliphatic heterocycles. The highest BCUT2D eigenvalue weighted by Crippen LogP contribution is 2.60. The fourth-order valence-corrected chi connectivity index (χ4v) is 5.80. The third-order valence-corrected chi connectivity index (χ3v) is 7.94. The third-order valence-electron chi connectivity index (χ3n) is 5.60. The molecule has 1 aromatic carbocycles. The Morgan fingerprint density at radius 2 is 1.72 bits per heavy atom. The van der Waals surface area contributed by atoms with E-state index in [1.54, 1.807) is 0 Å². The number of imidazole rings is 1. The lowest BCUT2D eigenvalue weighted by molar-refractivity contribution is -0.0488. The van der Waals surface area contributed by atoms with Crippen LogP contribution in [0.25, 0.3) is 11.2 Å². The van der Waals surface area contributed by atoms with Gasteiger partial charge in [0.2, 0.25) is 5.82 Å². The van der Waals surface area contributed by atoms with Gasteiger partial charge in [0.25, 0.3) is 0 Å². The molecule has 4 N–H and O–H groups in total. The van der Waals surface area contributed by atoms with Gasteiger partial charge in [-0.25, -0.2) is 36.9 Å². The van der Waals surface area contributed by atoms with Gasteiger partial charge in [-0.2, -0.15) is 0 Å². The zero-order valence-corrected chi connectivity index (χ0v) is 19.3. The van der Waals surface area contributed by atoms with Crippen LogP contribution >= 0.6 is 6.72 Å². The van der Waals surface area contributed by atoms with E-state index < -0.39 is 85.2 Å². The maximum absolute atomic E-state index is 14.1. The maximum atomic E-state index is 14.1. The van der Waals surface area contributed by atoms with Gasteiger partial charge in [0.15, 0.2) is 41.0 Å². The molecule has 0 amide bonds. The molecule has 194 valence electrons. The van der Waals surface area contributed by atoms with Crippen LogP contribution in [0.5, 0.6) is 0 Å². The van der Waals surface area contributed by atoms with Crippen molar-refractivity contribution in [3.63, 3.8) is 0 Å². The van der Waals surface area contributed by atoms with Crippen molar-refractivity contribution in [3.05, 3.63) is 47.3 Å². The molecule has 0 radical (unpaired) electrons. The number of anilines is 1. The lowest BCUT2D eigenvalue weighted by Crippen LogP contribution is -2.33. The molecule has 0 aliphatic carbocycles. The minimum Gasteiger partial charge on any atom is -0.387 e. The van der Waals surface area contributed by atoms with Gasteiger partial charge in [-0.1, -0.05) is 0 Å². The van der Waals surface area contributed by atoms with Crippen LogP contribution < -0.4 is 5.73 Å². The molecule has 0 saturated carbocycles. The number of nitrogens with two attached hydrogens (primary N) is 1. The lowest BCUT2D eigenvalue weighted by Gasteiger charge is -2.20. The topological polar surface area (TPSA) is 147 Å². The summed E-state index contributed by atoms with van der Waals surface area (Å²) in [4.78, 5) is 11.9. The van der Waals surface area contributed by atoms with E-state index in [1.165, 1.54) is 17.2 Å². The zero-order valence-electron chi connectivity index (χ0n) is 17.6. The predicted molar refractivity (Wildman–Crippen MR) is 112 cm³/mol. The predicted octanol–water partition coefficient (Wildman–Crippen LogP) is 1.75. The number of fused-ring (bicyclic) bond motifs is 1. The Balaban J connectivity index is 1.29. The van der Waals surface area contributed by atoms with E-state index in [0.717, 1.165) is 0 Å². The number of benzene rings is 1. The molecule has 0 bridgehead atoms. The number of rotatable bonds is 5. The number of nitrogen functional groups attached to an aromatic ring is 1. The fraction of sp³-hybridized carbons (Fsp3) is 0.389. The second kappa shape index (κ2) is 9.18. The molecule has 4 heterocycles. The Bertz CT molecular complexity index is 1370. The van der Waals surface area contributed by atoms with E-state index in [-0.39, 0.29) is 17.0 Å². The Hall–Kier alpha value is -2.37. The average Bonchev–Trinajstić information content (AvgIpc) is 3.53. The quantitative estimate of drug-likeness (QED) is 0.183. The van der Waals surface area contributed by atoms with Gasteiger partial charge in [-0.15, -0.1) is 0 Å². The van der Waals surface area contributed by atoms with Crippen LogP contribution in [0.2, 0.25) is 0 Å². The van der Waals surface area contributed by atoms with Crippen LogP contribution in [-0.4, -0.2) is 61.3 Å². The van der Waals surface area contributed by atoms with Gasteiger partial charge < -0.3 is 29.7 Å². The van der Waals surface area contributed by atoms with Gasteiger partial charge in [0, 0.05) is 0 Å². The Labute approximate surface area is 202 Å². The van der Waals surface area contributed by atoms with Crippen LogP contribution in [0.4, 0.5) is 27.8 Å². The van der Waals surface area contributed by atoms with Crippen LogP contribution in [0.1, 0.15) is 17.9 Å².